The van der Waals surface area contributed by atoms with Crippen LogP contribution in [0.15, 0.2) is 29.2 Å². The van der Waals surface area contributed by atoms with E-state index in [-0.39, 0.29) is 0 Å². The molecule has 5 heteroatoms. The summed E-state index contributed by atoms with van der Waals surface area (Å²) in [6, 6.07) is 3.56. The summed E-state index contributed by atoms with van der Waals surface area (Å²) in [5.74, 6) is 0.776. The molecule has 3 N–H and O–H groups in total. The summed E-state index contributed by atoms with van der Waals surface area (Å²) in [6.07, 6.45) is 1.68. The number of anilines is 2. The molecule has 0 aliphatic rings. The Balaban J connectivity index is 1.98. The number of nitrogens with one attached hydrogen (secondary N) is 1. The molecular weight excluding hydrogens is 196 g/mol. The number of nitrogens with zero attached hydrogens (tertiary/aromatic N) is 2. The Labute approximate surface area is 85.8 Å². The Kier molecular flexibility index (Phi) is 2.60. The first kappa shape index (κ1) is 8.96. The molecule has 2 aromatic heterocycles. The van der Waals surface area contributed by atoms with Gasteiger partial charge in [-0.15, -0.1) is 11.3 Å². The number of hydrogen-bond donors (Lipinski definition) is 2. The zero-order valence-corrected chi connectivity index (χ0v) is 8.29. The summed E-state index contributed by atoms with van der Waals surface area (Å²) >= 11 is 1.58. The lowest BCUT2D eigenvalue weighted by Gasteiger charge is -2.03. The number of hydrogen-bond acceptors (Lipinski definition) is 5. The summed E-state index contributed by atoms with van der Waals surface area (Å²) in [7, 11) is 0. The first-order valence-corrected chi connectivity index (χ1v) is 5.11. The Hall–Kier alpha value is -1.62. The minimum Gasteiger partial charge on any atom is -0.399 e. The lowest BCUT2D eigenvalue weighted by atomic mass is 10.4. The quantitative estimate of drug-likeness (QED) is 0.802. The van der Waals surface area contributed by atoms with Gasteiger partial charge in [0.1, 0.15) is 5.82 Å². The highest BCUT2D eigenvalue weighted by molar-refractivity contribution is 7.07. The number of pyridine rings is 1. The van der Waals surface area contributed by atoms with E-state index >= 15 is 0 Å². The minimum absolute atomic E-state index is 0.681. The molecule has 0 fully saturated rings. The van der Waals surface area contributed by atoms with Gasteiger partial charge in [-0.3, -0.25) is 0 Å². The van der Waals surface area contributed by atoms with Gasteiger partial charge in [0.05, 0.1) is 17.7 Å². The van der Waals surface area contributed by atoms with E-state index in [1.54, 1.807) is 29.7 Å². The maximum absolute atomic E-state index is 5.61. The van der Waals surface area contributed by atoms with E-state index in [4.69, 9.17) is 5.73 Å². The van der Waals surface area contributed by atoms with Crippen LogP contribution in [-0.2, 0) is 6.54 Å². The molecule has 14 heavy (non-hydrogen) atoms. The predicted molar refractivity (Wildman–Crippen MR) is 58.1 cm³/mol. The summed E-state index contributed by atoms with van der Waals surface area (Å²) in [5.41, 5.74) is 9.15. The maximum Gasteiger partial charge on any atom is 0.128 e. The second-order valence-electron chi connectivity index (χ2n) is 2.81. The van der Waals surface area contributed by atoms with Gasteiger partial charge < -0.3 is 11.1 Å². The smallest absolute Gasteiger partial charge is 0.128 e. The second-order valence-corrected chi connectivity index (χ2v) is 3.53. The third kappa shape index (κ3) is 2.20. The first-order chi connectivity index (χ1) is 6.84. The molecule has 0 aromatic carbocycles. The Bertz CT molecular complexity index is 399. The van der Waals surface area contributed by atoms with Crippen LogP contribution >= 0.6 is 11.3 Å². The molecule has 2 rings (SSSR count). The van der Waals surface area contributed by atoms with E-state index in [9.17, 15) is 0 Å². The fourth-order valence-electron chi connectivity index (χ4n) is 1.05. The van der Waals surface area contributed by atoms with Crippen molar-refractivity contribution in [2.45, 2.75) is 6.54 Å². The molecule has 0 saturated heterocycles. The molecule has 0 amide bonds. The van der Waals surface area contributed by atoms with Crippen molar-refractivity contribution in [3.8, 4) is 0 Å². The normalized spacial score (nSPS) is 10.0. The van der Waals surface area contributed by atoms with Crippen molar-refractivity contribution in [3.05, 3.63) is 34.9 Å². The van der Waals surface area contributed by atoms with Crippen LogP contribution in [0.4, 0.5) is 11.5 Å². The molecule has 0 radical (unpaired) electrons. The van der Waals surface area contributed by atoms with Crippen molar-refractivity contribution in [2.75, 3.05) is 11.1 Å². The van der Waals surface area contributed by atoms with Crippen LogP contribution in [0.25, 0.3) is 0 Å². The van der Waals surface area contributed by atoms with E-state index < -0.39 is 0 Å². The lowest BCUT2D eigenvalue weighted by molar-refractivity contribution is 1.05. The average Bonchev–Trinajstić information content (AvgIpc) is 2.67. The molecule has 0 aliphatic heterocycles. The molecule has 2 aromatic rings. The summed E-state index contributed by atoms with van der Waals surface area (Å²) in [6.45, 7) is 0.681. The highest BCUT2D eigenvalue weighted by atomic mass is 32.1. The minimum atomic E-state index is 0.681. The maximum atomic E-state index is 5.61. The van der Waals surface area contributed by atoms with Crippen molar-refractivity contribution in [3.63, 3.8) is 0 Å². The molecule has 2 heterocycles. The summed E-state index contributed by atoms with van der Waals surface area (Å²) < 4.78 is 0. The van der Waals surface area contributed by atoms with Crippen LogP contribution in [-0.4, -0.2) is 9.97 Å². The lowest BCUT2D eigenvalue weighted by Crippen LogP contribution is -2.01. The van der Waals surface area contributed by atoms with E-state index in [0.717, 1.165) is 11.5 Å². The van der Waals surface area contributed by atoms with E-state index in [1.807, 2.05) is 10.9 Å². The molecule has 0 saturated carbocycles. The van der Waals surface area contributed by atoms with Crippen LogP contribution in [0, 0.1) is 0 Å². The average molecular weight is 206 g/mol. The van der Waals surface area contributed by atoms with E-state index in [0.29, 0.717) is 12.2 Å². The second kappa shape index (κ2) is 4.06. The topological polar surface area (TPSA) is 63.8 Å². The molecule has 0 aliphatic carbocycles. The van der Waals surface area contributed by atoms with Crippen molar-refractivity contribution in [1.82, 2.24) is 9.97 Å². The van der Waals surface area contributed by atoms with Crippen molar-refractivity contribution in [1.29, 1.82) is 0 Å². The van der Waals surface area contributed by atoms with Gasteiger partial charge in [-0.1, -0.05) is 0 Å². The number of nitrogen functional groups attached to an aromatic ring is 1. The van der Waals surface area contributed by atoms with E-state index in [2.05, 4.69) is 15.3 Å². The van der Waals surface area contributed by atoms with Gasteiger partial charge in [-0.25, -0.2) is 9.97 Å². The van der Waals surface area contributed by atoms with Gasteiger partial charge in [-0.05, 0) is 6.07 Å². The molecule has 0 bridgehead atoms. The zero-order chi connectivity index (χ0) is 9.80. The molecule has 0 atom stereocenters. The van der Waals surface area contributed by atoms with Crippen LogP contribution in [0.2, 0.25) is 0 Å². The zero-order valence-electron chi connectivity index (χ0n) is 7.47. The third-order valence-corrected chi connectivity index (χ3v) is 2.35. The van der Waals surface area contributed by atoms with Gasteiger partial charge in [0.15, 0.2) is 0 Å². The highest BCUT2D eigenvalue weighted by Gasteiger charge is 1.96. The first-order valence-electron chi connectivity index (χ1n) is 4.17. The van der Waals surface area contributed by atoms with Crippen LogP contribution < -0.4 is 11.1 Å². The van der Waals surface area contributed by atoms with Crippen molar-refractivity contribution in [2.24, 2.45) is 0 Å². The Morgan fingerprint density at radius 2 is 2.36 bits per heavy atom. The number of aromatic nitrogens is 2. The molecule has 0 spiro atoms. The summed E-state index contributed by atoms with van der Waals surface area (Å²) in [4.78, 5) is 8.27. The highest BCUT2D eigenvalue weighted by Crippen LogP contribution is 2.09. The van der Waals surface area contributed by atoms with Crippen LogP contribution in [0.3, 0.4) is 0 Å². The monoisotopic (exact) mass is 206 g/mol. The fraction of sp³-hybridized carbons (Fsp3) is 0.111. The van der Waals surface area contributed by atoms with Crippen molar-refractivity contribution >= 4 is 22.8 Å². The van der Waals surface area contributed by atoms with Gasteiger partial charge in [-0.2, -0.15) is 0 Å². The predicted octanol–water partition coefficient (Wildman–Crippen LogP) is 1.73. The van der Waals surface area contributed by atoms with Crippen molar-refractivity contribution < 1.29 is 0 Å². The number of rotatable bonds is 3. The number of thiazole rings is 1. The van der Waals surface area contributed by atoms with E-state index in [1.165, 1.54) is 0 Å². The van der Waals surface area contributed by atoms with Gasteiger partial charge >= 0.3 is 0 Å². The van der Waals surface area contributed by atoms with Gasteiger partial charge in [0.25, 0.3) is 0 Å². The molecule has 4 nitrogen and oxygen atoms in total. The van der Waals surface area contributed by atoms with Gasteiger partial charge in [0.2, 0.25) is 0 Å². The standard InChI is InChI=1S/C9H10N4S/c10-7-1-2-11-9(3-7)12-4-8-5-14-6-13-8/h1-3,5-6H,4H2,(H3,10,11,12). The number of nitrogens with two attached hydrogens (primary N) is 1. The Morgan fingerprint density at radius 3 is 3.07 bits per heavy atom. The summed E-state index contributed by atoms with van der Waals surface area (Å²) in [5, 5.41) is 5.14. The van der Waals surface area contributed by atoms with Crippen LogP contribution in [0.5, 0.6) is 0 Å². The molecule has 0 unspecified atom stereocenters. The molecule has 72 valence electrons. The Morgan fingerprint density at radius 1 is 1.43 bits per heavy atom. The largest absolute Gasteiger partial charge is 0.399 e. The van der Waals surface area contributed by atoms with Gasteiger partial charge in [0, 0.05) is 23.3 Å². The molecular formula is C9H10N4S. The third-order valence-electron chi connectivity index (χ3n) is 1.72. The van der Waals surface area contributed by atoms with Crippen LogP contribution in [0.1, 0.15) is 5.69 Å². The fourth-order valence-corrected chi connectivity index (χ4v) is 1.61. The SMILES string of the molecule is Nc1ccnc(NCc2cscn2)c1.